The van der Waals surface area contributed by atoms with Gasteiger partial charge in [-0.05, 0) is 19.8 Å². The number of aryl methyl sites for hydroxylation is 1. The lowest BCUT2D eigenvalue weighted by molar-refractivity contribution is -0.117. The van der Waals surface area contributed by atoms with Crippen molar-refractivity contribution in [1.82, 2.24) is 19.7 Å². The van der Waals surface area contributed by atoms with Gasteiger partial charge in [-0.15, -0.1) is 0 Å². The quantitative estimate of drug-likeness (QED) is 0.571. The van der Waals surface area contributed by atoms with Gasteiger partial charge < -0.3 is 20.1 Å². The molecule has 10 nitrogen and oxygen atoms in total. The van der Waals surface area contributed by atoms with Crippen LogP contribution in [0.2, 0.25) is 0 Å². The van der Waals surface area contributed by atoms with E-state index in [-0.39, 0.29) is 17.4 Å². The summed E-state index contributed by atoms with van der Waals surface area (Å²) in [4.78, 5) is 33.0. The maximum Gasteiger partial charge on any atom is 0.341 e. The highest BCUT2D eigenvalue weighted by Gasteiger charge is 2.30. The summed E-state index contributed by atoms with van der Waals surface area (Å²) >= 11 is 0. The molecule has 156 valence electrons. The normalized spacial score (nSPS) is 13.2. The molecule has 0 radical (unpaired) electrons. The predicted octanol–water partition coefficient (Wildman–Crippen LogP) is 2.73. The van der Waals surface area contributed by atoms with Gasteiger partial charge in [0, 0.05) is 24.7 Å². The number of rotatable bonds is 7. The Morgan fingerprint density at radius 2 is 1.97 bits per heavy atom. The highest BCUT2D eigenvalue weighted by molar-refractivity contribution is 5.99. The van der Waals surface area contributed by atoms with Crippen LogP contribution in [0.1, 0.15) is 30.1 Å². The molecule has 0 unspecified atom stereocenters. The molecule has 0 spiro atoms. The summed E-state index contributed by atoms with van der Waals surface area (Å²) in [5.41, 5.74) is 2.59. The molecular formula is C20H22N6O4. The number of nitrogens with zero attached hydrogens (tertiary/aromatic N) is 4. The number of carbonyl (C=O) groups excluding carboxylic acids is 2. The number of methoxy groups -OCH3 is 2. The highest BCUT2D eigenvalue weighted by Crippen LogP contribution is 2.36. The third-order valence-corrected chi connectivity index (χ3v) is 4.89. The molecule has 1 saturated carbocycles. The fourth-order valence-electron chi connectivity index (χ4n) is 3.18. The SMILES string of the molecule is CCn1ncc2ncc(Nc3cc(NC(=O)C4CC4)ncc3C(=O)OC)c(OC)c21. The van der Waals surface area contributed by atoms with Gasteiger partial charge in [-0.2, -0.15) is 5.10 Å². The number of nitrogens with one attached hydrogen (secondary N) is 2. The predicted molar refractivity (Wildman–Crippen MR) is 110 cm³/mol. The molecule has 3 aromatic heterocycles. The maximum atomic E-state index is 12.3. The fraction of sp³-hybridized carbons (Fsp3) is 0.350. The van der Waals surface area contributed by atoms with Crippen molar-refractivity contribution in [3.05, 3.63) is 30.2 Å². The first kappa shape index (κ1) is 19.6. The van der Waals surface area contributed by atoms with Crippen molar-refractivity contribution in [2.75, 3.05) is 24.9 Å². The van der Waals surface area contributed by atoms with Crippen LogP contribution in [0.15, 0.2) is 24.7 Å². The standard InChI is InChI=1S/C20H22N6O4/c1-4-26-17-14(10-23-26)21-9-15(18(17)29-2)24-13-7-16(25-19(27)11-5-6-11)22-8-12(13)20(28)30-3/h7-11H,4-6H2,1-3H3,(H2,22,24,25,27). The van der Waals surface area contributed by atoms with E-state index in [1.54, 1.807) is 30.3 Å². The van der Waals surface area contributed by atoms with Gasteiger partial charge in [-0.25, -0.2) is 9.78 Å². The molecule has 3 heterocycles. The zero-order chi connectivity index (χ0) is 21.3. The van der Waals surface area contributed by atoms with E-state index in [4.69, 9.17) is 9.47 Å². The van der Waals surface area contributed by atoms with Gasteiger partial charge in [0.1, 0.15) is 28.1 Å². The number of pyridine rings is 2. The highest BCUT2D eigenvalue weighted by atomic mass is 16.5. The number of aromatic nitrogens is 4. The zero-order valence-corrected chi connectivity index (χ0v) is 16.9. The van der Waals surface area contributed by atoms with E-state index in [0.29, 0.717) is 35.0 Å². The Bertz CT molecular complexity index is 1120. The Kier molecular flexibility index (Phi) is 5.21. The van der Waals surface area contributed by atoms with Crippen LogP contribution in [0.4, 0.5) is 17.2 Å². The summed E-state index contributed by atoms with van der Waals surface area (Å²) in [7, 11) is 2.85. The molecule has 2 N–H and O–H groups in total. The average Bonchev–Trinajstić information content (AvgIpc) is 3.53. The summed E-state index contributed by atoms with van der Waals surface area (Å²) in [6.45, 7) is 2.62. The van der Waals surface area contributed by atoms with Crippen molar-refractivity contribution >= 4 is 40.1 Å². The molecule has 0 bridgehead atoms. The van der Waals surface area contributed by atoms with Crippen LogP contribution in [0.25, 0.3) is 11.0 Å². The van der Waals surface area contributed by atoms with Gasteiger partial charge in [0.15, 0.2) is 5.75 Å². The van der Waals surface area contributed by atoms with Gasteiger partial charge in [0.2, 0.25) is 5.91 Å². The molecule has 0 aliphatic heterocycles. The first-order valence-corrected chi connectivity index (χ1v) is 9.60. The summed E-state index contributed by atoms with van der Waals surface area (Å²) in [6.07, 6.45) is 6.40. The second-order valence-electron chi connectivity index (χ2n) is 6.89. The number of anilines is 3. The molecule has 1 amide bonds. The van der Waals surface area contributed by atoms with Crippen LogP contribution >= 0.6 is 0 Å². The van der Waals surface area contributed by atoms with Gasteiger partial charge in [0.25, 0.3) is 0 Å². The van der Waals surface area contributed by atoms with E-state index < -0.39 is 5.97 Å². The molecule has 1 aliphatic rings. The van der Waals surface area contributed by atoms with Crippen molar-refractivity contribution in [1.29, 1.82) is 0 Å². The molecular weight excluding hydrogens is 388 g/mol. The average molecular weight is 410 g/mol. The Hall–Kier alpha value is -3.69. The number of amides is 1. The lowest BCUT2D eigenvalue weighted by Gasteiger charge is -2.15. The fourth-order valence-corrected chi connectivity index (χ4v) is 3.18. The Morgan fingerprint density at radius 1 is 1.17 bits per heavy atom. The molecule has 4 rings (SSSR count). The molecule has 30 heavy (non-hydrogen) atoms. The van der Waals surface area contributed by atoms with E-state index in [0.717, 1.165) is 18.4 Å². The minimum Gasteiger partial charge on any atom is -0.492 e. The third-order valence-electron chi connectivity index (χ3n) is 4.89. The summed E-state index contributed by atoms with van der Waals surface area (Å²) in [5.74, 6) is 0.275. The van der Waals surface area contributed by atoms with Crippen LogP contribution in [0.3, 0.4) is 0 Å². The van der Waals surface area contributed by atoms with Crippen molar-refractivity contribution in [2.24, 2.45) is 5.92 Å². The zero-order valence-electron chi connectivity index (χ0n) is 16.9. The summed E-state index contributed by atoms with van der Waals surface area (Å²) in [5, 5.41) is 10.3. The molecule has 1 aliphatic carbocycles. The van der Waals surface area contributed by atoms with Gasteiger partial charge in [-0.3, -0.25) is 14.5 Å². The molecule has 0 aromatic carbocycles. The lowest BCUT2D eigenvalue weighted by atomic mass is 10.2. The molecule has 0 saturated heterocycles. The Balaban J connectivity index is 1.75. The number of fused-ring (bicyclic) bond motifs is 1. The monoisotopic (exact) mass is 410 g/mol. The van der Waals surface area contributed by atoms with Crippen molar-refractivity contribution < 1.29 is 19.1 Å². The molecule has 0 atom stereocenters. The Labute approximate surface area is 172 Å². The van der Waals surface area contributed by atoms with Gasteiger partial charge in [-0.1, -0.05) is 0 Å². The first-order valence-electron chi connectivity index (χ1n) is 9.60. The van der Waals surface area contributed by atoms with E-state index in [1.807, 2.05) is 6.92 Å². The number of esters is 1. The molecule has 10 heteroatoms. The molecule has 3 aromatic rings. The van der Waals surface area contributed by atoms with Crippen LogP contribution in [-0.4, -0.2) is 45.8 Å². The number of hydrogen-bond acceptors (Lipinski definition) is 8. The Morgan fingerprint density at radius 3 is 2.63 bits per heavy atom. The minimum absolute atomic E-state index is 0.0320. The smallest absolute Gasteiger partial charge is 0.341 e. The van der Waals surface area contributed by atoms with Gasteiger partial charge >= 0.3 is 5.97 Å². The second kappa shape index (κ2) is 7.97. The third kappa shape index (κ3) is 3.63. The van der Waals surface area contributed by atoms with Gasteiger partial charge in [0.05, 0.1) is 32.3 Å². The van der Waals surface area contributed by atoms with E-state index in [1.165, 1.54) is 13.3 Å². The maximum absolute atomic E-state index is 12.3. The summed E-state index contributed by atoms with van der Waals surface area (Å²) < 4.78 is 12.3. The van der Waals surface area contributed by atoms with Crippen LogP contribution in [-0.2, 0) is 16.1 Å². The number of hydrogen-bond donors (Lipinski definition) is 2. The number of carbonyl (C=O) groups is 2. The molecule has 1 fully saturated rings. The van der Waals surface area contributed by atoms with Crippen molar-refractivity contribution in [2.45, 2.75) is 26.3 Å². The van der Waals surface area contributed by atoms with Crippen LogP contribution in [0, 0.1) is 5.92 Å². The largest absolute Gasteiger partial charge is 0.492 e. The van der Waals surface area contributed by atoms with Crippen molar-refractivity contribution in [3.63, 3.8) is 0 Å². The van der Waals surface area contributed by atoms with Crippen LogP contribution in [0.5, 0.6) is 5.75 Å². The topological polar surface area (TPSA) is 120 Å². The van der Waals surface area contributed by atoms with E-state index in [2.05, 4.69) is 25.7 Å². The lowest BCUT2D eigenvalue weighted by Crippen LogP contribution is -2.15. The number of ether oxygens (including phenoxy) is 2. The van der Waals surface area contributed by atoms with E-state index in [9.17, 15) is 9.59 Å². The first-order chi connectivity index (χ1) is 14.5. The van der Waals surface area contributed by atoms with E-state index >= 15 is 0 Å². The summed E-state index contributed by atoms with van der Waals surface area (Å²) in [6, 6.07) is 1.59. The van der Waals surface area contributed by atoms with Crippen LogP contribution < -0.4 is 15.4 Å². The van der Waals surface area contributed by atoms with Crippen molar-refractivity contribution in [3.8, 4) is 5.75 Å². The second-order valence-corrected chi connectivity index (χ2v) is 6.89. The minimum atomic E-state index is -0.559.